The molecule has 24 heavy (non-hydrogen) atoms. The van der Waals surface area contributed by atoms with Gasteiger partial charge in [-0.15, -0.1) is 6.58 Å². The molecule has 0 aromatic heterocycles. The van der Waals surface area contributed by atoms with Crippen LogP contribution in [0.2, 0.25) is 0 Å². The van der Waals surface area contributed by atoms with Gasteiger partial charge in [-0.2, -0.15) is 0 Å². The van der Waals surface area contributed by atoms with Gasteiger partial charge in [0.15, 0.2) is 0 Å². The number of carbonyl (C=O) groups excluding carboxylic acids is 1. The van der Waals surface area contributed by atoms with E-state index in [9.17, 15) is 4.79 Å². The largest absolute Gasteiger partial charge is 0.466 e. The van der Waals surface area contributed by atoms with Crippen molar-refractivity contribution >= 4 is 5.97 Å². The average molecular weight is 333 g/mol. The highest BCUT2D eigenvalue weighted by Crippen LogP contribution is 2.63. The van der Waals surface area contributed by atoms with Crippen LogP contribution >= 0.6 is 0 Å². The number of allylic oxidation sites excluding steroid dienone is 3. The second-order valence-electron chi connectivity index (χ2n) is 9.08. The molecule has 0 saturated heterocycles. The number of carbonyl (C=O) groups is 1. The molecule has 3 aliphatic rings. The van der Waals surface area contributed by atoms with E-state index in [2.05, 4.69) is 39.5 Å². The predicted octanol–water partition coefficient (Wildman–Crippen LogP) is 5.68. The molecule has 3 aliphatic carbocycles. The van der Waals surface area contributed by atoms with Gasteiger partial charge in [-0.3, -0.25) is 4.79 Å². The number of esters is 1. The van der Waals surface area contributed by atoms with Crippen molar-refractivity contribution in [3.05, 3.63) is 24.3 Å². The van der Waals surface area contributed by atoms with Crippen LogP contribution in [-0.4, -0.2) is 12.6 Å². The lowest BCUT2D eigenvalue weighted by Gasteiger charge is -2.58. The third kappa shape index (κ3) is 2.57. The minimum absolute atomic E-state index is 0.0681. The van der Waals surface area contributed by atoms with Crippen molar-refractivity contribution in [2.45, 2.75) is 72.6 Å². The monoisotopic (exact) mass is 332 g/mol. The zero-order valence-corrected chi connectivity index (χ0v) is 15.7. The summed E-state index contributed by atoms with van der Waals surface area (Å²) in [5.41, 5.74) is 1.57. The minimum atomic E-state index is -0.396. The van der Waals surface area contributed by atoms with Gasteiger partial charge in [-0.05, 0) is 75.0 Å². The normalized spacial score (nSPS) is 45.3. The summed E-state index contributed by atoms with van der Waals surface area (Å²) in [7, 11) is 0. The highest BCUT2D eigenvalue weighted by atomic mass is 16.5. The Bertz CT molecular complexity index is 583. The Morgan fingerprint density at radius 1 is 1.42 bits per heavy atom. The predicted molar refractivity (Wildman–Crippen MR) is 98.5 cm³/mol. The van der Waals surface area contributed by atoms with Crippen LogP contribution in [-0.2, 0) is 9.53 Å². The van der Waals surface area contributed by atoms with Crippen molar-refractivity contribution in [2.75, 3.05) is 6.61 Å². The lowest BCUT2D eigenvalue weighted by atomic mass is 9.46. The highest BCUT2D eigenvalue weighted by molar-refractivity contribution is 5.77. The molecule has 0 amide bonds. The van der Waals surface area contributed by atoms with E-state index in [1.54, 1.807) is 5.57 Å². The molecule has 0 aliphatic heterocycles. The Morgan fingerprint density at radius 2 is 2.21 bits per heavy atom. The number of rotatable bonds is 3. The molecule has 0 N–H and O–H groups in total. The lowest BCUT2D eigenvalue weighted by Crippen LogP contribution is -2.53. The van der Waals surface area contributed by atoms with Gasteiger partial charge in [0.2, 0.25) is 0 Å². The zero-order chi connectivity index (χ0) is 18.3. The highest BCUT2D eigenvalue weighted by Gasteiger charge is 2.58. The van der Waals surface area contributed by atoms with Gasteiger partial charge in [-0.25, -0.2) is 0 Å². The van der Waals surface area contributed by atoms with Crippen molar-refractivity contribution in [3.8, 4) is 0 Å². The summed E-state index contributed by atoms with van der Waals surface area (Å²) in [6.07, 6.45) is 12.4. The Balaban J connectivity index is 1.91. The van der Waals surface area contributed by atoms with Gasteiger partial charge in [-0.1, -0.05) is 38.0 Å². The van der Waals surface area contributed by atoms with Crippen LogP contribution in [0.4, 0.5) is 0 Å². The van der Waals surface area contributed by atoms with E-state index in [-0.39, 0.29) is 30.3 Å². The SMILES string of the molecule is [3H]CCOC(=O)[C@]1(C)CCC[C@@]2(C)C3=CC[C@](C)(C=C)CC3CCC12. The molecule has 0 radical (unpaired) electrons. The Kier molecular flexibility index (Phi) is 4.13. The van der Waals surface area contributed by atoms with Crippen LogP contribution in [0.25, 0.3) is 0 Å². The molecule has 2 heteroatoms. The van der Waals surface area contributed by atoms with E-state index in [4.69, 9.17) is 6.11 Å². The third-order valence-corrected chi connectivity index (χ3v) is 7.53. The molecule has 2 unspecified atom stereocenters. The van der Waals surface area contributed by atoms with Crippen molar-refractivity contribution in [1.29, 1.82) is 0 Å². The van der Waals surface area contributed by atoms with Crippen LogP contribution in [0.5, 0.6) is 0 Å². The molecule has 134 valence electrons. The van der Waals surface area contributed by atoms with E-state index in [0.29, 0.717) is 11.8 Å². The maximum atomic E-state index is 12.8. The quantitative estimate of drug-likeness (QED) is 0.490. The van der Waals surface area contributed by atoms with Crippen LogP contribution in [0.1, 0.15) is 74.0 Å². The van der Waals surface area contributed by atoms with E-state index < -0.39 is 5.41 Å². The summed E-state index contributed by atoms with van der Waals surface area (Å²) in [5, 5.41) is 0. The van der Waals surface area contributed by atoms with Gasteiger partial charge in [0.05, 0.1) is 12.0 Å². The molecule has 3 rings (SSSR count). The van der Waals surface area contributed by atoms with Gasteiger partial charge < -0.3 is 4.74 Å². The summed E-state index contributed by atoms with van der Waals surface area (Å²) in [6, 6.07) is 0. The first-order chi connectivity index (χ1) is 11.8. The summed E-state index contributed by atoms with van der Waals surface area (Å²) in [4.78, 5) is 12.8. The molecule has 0 heterocycles. The van der Waals surface area contributed by atoms with Crippen molar-refractivity contribution in [3.63, 3.8) is 0 Å². The zero-order valence-electron chi connectivity index (χ0n) is 16.7. The molecule has 2 saturated carbocycles. The van der Waals surface area contributed by atoms with Crippen LogP contribution in [0.15, 0.2) is 24.3 Å². The fourth-order valence-corrected chi connectivity index (χ4v) is 6.12. The standard InChI is InChI=1S/C22H34O2/c1-6-20(3)14-11-17-16(15-20)9-10-18-21(17,4)12-8-13-22(18,5)19(23)24-7-2/h6,11,16,18H,1,7-10,12-15H2,2-5H3/t16?,18?,20-,21-,22+/m0/s1/i2T. The van der Waals surface area contributed by atoms with Gasteiger partial charge in [0.1, 0.15) is 0 Å². The molecule has 2 fully saturated rings. The number of ether oxygens (including phenoxy) is 1. The van der Waals surface area contributed by atoms with E-state index in [1.165, 1.54) is 19.3 Å². The molecule has 2 nitrogen and oxygen atoms in total. The number of fused-ring (bicyclic) bond motifs is 3. The molecule has 5 atom stereocenters. The Labute approximate surface area is 149 Å². The lowest BCUT2D eigenvalue weighted by molar-refractivity contribution is -0.167. The summed E-state index contributed by atoms with van der Waals surface area (Å²) >= 11 is 0. The topological polar surface area (TPSA) is 26.3 Å². The summed E-state index contributed by atoms with van der Waals surface area (Å²) in [6.45, 7) is 11.3. The van der Waals surface area contributed by atoms with E-state index in [1.807, 2.05) is 0 Å². The molecular weight excluding hydrogens is 296 g/mol. The molecule has 0 aromatic carbocycles. The minimum Gasteiger partial charge on any atom is -0.466 e. The fourth-order valence-electron chi connectivity index (χ4n) is 6.12. The molecule has 0 spiro atoms. The maximum Gasteiger partial charge on any atom is 0.312 e. The number of hydrogen-bond donors (Lipinski definition) is 0. The third-order valence-electron chi connectivity index (χ3n) is 7.53. The van der Waals surface area contributed by atoms with E-state index >= 15 is 0 Å². The van der Waals surface area contributed by atoms with Crippen LogP contribution in [0, 0.1) is 28.1 Å². The average Bonchev–Trinajstić information content (AvgIpc) is 2.59. The van der Waals surface area contributed by atoms with Crippen molar-refractivity contribution in [1.82, 2.24) is 0 Å². The Hall–Kier alpha value is -1.05. The first kappa shape index (κ1) is 16.4. The second kappa shape index (κ2) is 6.04. The van der Waals surface area contributed by atoms with Gasteiger partial charge in [0.25, 0.3) is 0 Å². The van der Waals surface area contributed by atoms with Gasteiger partial charge >= 0.3 is 5.97 Å². The Morgan fingerprint density at radius 3 is 2.92 bits per heavy atom. The van der Waals surface area contributed by atoms with Crippen LogP contribution < -0.4 is 0 Å². The molecular formula is C22H34O2. The van der Waals surface area contributed by atoms with Crippen molar-refractivity contribution in [2.24, 2.45) is 28.1 Å². The fraction of sp³-hybridized carbons (Fsp3) is 0.773. The molecule has 0 aromatic rings. The number of hydrogen-bond acceptors (Lipinski definition) is 2. The summed E-state index contributed by atoms with van der Waals surface area (Å²) < 4.78 is 12.7. The first-order valence-corrected chi connectivity index (χ1v) is 9.60. The first-order valence-electron chi connectivity index (χ1n) is 10.3. The smallest absolute Gasteiger partial charge is 0.312 e. The van der Waals surface area contributed by atoms with E-state index in [0.717, 1.165) is 25.7 Å². The van der Waals surface area contributed by atoms with Crippen molar-refractivity contribution < 1.29 is 10.9 Å². The molecule has 0 bridgehead atoms. The van der Waals surface area contributed by atoms with Gasteiger partial charge in [0, 0.05) is 1.37 Å². The summed E-state index contributed by atoms with van der Waals surface area (Å²) in [5.74, 6) is 0.939. The second-order valence-corrected chi connectivity index (χ2v) is 9.08. The maximum absolute atomic E-state index is 12.8. The van der Waals surface area contributed by atoms with Crippen LogP contribution in [0.3, 0.4) is 0 Å².